The third-order valence-electron chi connectivity index (χ3n) is 4.07. The molecule has 1 atom stereocenters. The highest BCUT2D eigenvalue weighted by atomic mass is 16.5. The maximum absolute atomic E-state index is 12.1. The van der Waals surface area contributed by atoms with E-state index in [1.54, 1.807) is 37.3 Å². The SMILES string of the molecule is CCC(=O)c1ccc(OCCO)c(C(Nc2ccc(C(=N)N)cc2)C(=O)O)c1. The van der Waals surface area contributed by atoms with E-state index in [9.17, 15) is 14.7 Å². The molecule has 2 aromatic carbocycles. The second-order valence-electron chi connectivity index (χ2n) is 6.01. The molecule has 6 N–H and O–H groups in total. The van der Waals surface area contributed by atoms with E-state index in [-0.39, 0.29) is 42.6 Å². The van der Waals surface area contributed by atoms with Gasteiger partial charge in [0.15, 0.2) is 11.8 Å². The molecule has 0 bridgehead atoms. The number of hydrogen-bond acceptors (Lipinski definition) is 6. The van der Waals surface area contributed by atoms with E-state index < -0.39 is 12.0 Å². The number of hydrogen-bond donors (Lipinski definition) is 5. The molecule has 28 heavy (non-hydrogen) atoms. The van der Waals surface area contributed by atoms with Gasteiger partial charge in [-0.25, -0.2) is 4.79 Å². The van der Waals surface area contributed by atoms with Crippen LogP contribution in [0.1, 0.15) is 40.9 Å². The van der Waals surface area contributed by atoms with Crippen molar-refractivity contribution >= 4 is 23.3 Å². The number of carbonyl (C=O) groups excluding carboxylic acids is 1. The lowest BCUT2D eigenvalue weighted by atomic mass is 9.99. The first-order chi connectivity index (χ1) is 13.4. The molecule has 0 aliphatic carbocycles. The zero-order valence-corrected chi connectivity index (χ0v) is 15.4. The molecule has 2 aromatic rings. The Bertz CT molecular complexity index is 865. The number of anilines is 1. The summed E-state index contributed by atoms with van der Waals surface area (Å²) in [6.07, 6.45) is 0.286. The van der Waals surface area contributed by atoms with Crippen LogP contribution in [-0.2, 0) is 4.79 Å². The fourth-order valence-electron chi connectivity index (χ4n) is 2.62. The van der Waals surface area contributed by atoms with Crippen LogP contribution in [0.5, 0.6) is 5.75 Å². The summed E-state index contributed by atoms with van der Waals surface area (Å²) in [5, 5.41) is 29.1. The summed E-state index contributed by atoms with van der Waals surface area (Å²) in [4.78, 5) is 24.0. The molecule has 8 nitrogen and oxygen atoms in total. The largest absolute Gasteiger partial charge is 0.491 e. The molecular weight excluding hydrogens is 362 g/mol. The van der Waals surface area contributed by atoms with Crippen LogP contribution in [0.3, 0.4) is 0 Å². The van der Waals surface area contributed by atoms with Crippen molar-refractivity contribution < 1.29 is 24.5 Å². The fourth-order valence-corrected chi connectivity index (χ4v) is 2.62. The van der Waals surface area contributed by atoms with Gasteiger partial charge in [-0.05, 0) is 42.5 Å². The average molecular weight is 385 g/mol. The van der Waals surface area contributed by atoms with Gasteiger partial charge in [-0.3, -0.25) is 10.2 Å². The number of ether oxygens (including phenoxy) is 1. The van der Waals surface area contributed by atoms with E-state index in [2.05, 4.69) is 5.32 Å². The molecule has 2 rings (SSSR count). The number of carboxylic acid groups (broad SMARTS) is 1. The second-order valence-corrected chi connectivity index (χ2v) is 6.01. The minimum atomic E-state index is -1.19. The van der Waals surface area contributed by atoms with Crippen LogP contribution >= 0.6 is 0 Å². The lowest BCUT2D eigenvalue weighted by Gasteiger charge is -2.20. The van der Waals surface area contributed by atoms with Crippen molar-refractivity contribution in [1.29, 1.82) is 5.41 Å². The Hall–Kier alpha value is -3.39. The summed E-state index contributed by atoms with van der Waals surface area (Å²) in [5.41, 5.74) is 7.10. The molecule has 1 unspecified atom stereocenters. The molecule has 0 radical (unpaired) electrons. The first-order valence-corrected chi connectivity index (χ1v) is 8.72. The number of carboxylic acids is 1. The van der Waals surface area contributed by atoms with Gasteiger partial charge >= 0.3 is 5.97 Å². The number of nitrogens with two attached hydrogens (primary N) is 1. The maximum atomic E-state index is 12.1. The van der Waals surface area contributed by atoms with Gasteiger partial charge < -0.3 is 26.0 Å². The molecule has 0 amide bonds. The first-order valence-electron chi connectivity index (χ1n) is 8.72. The first kappa shape index (κ1) is 20.9. The molecular formula is C20H23N3O5. The highest BCUT2D eigenvalue weighted by molar-refractivity contribution is 5.97. The van der Waals surface area contributed by atoms with E-state index in [0.717, 1.165) is 0 Å². The highest BCUT2D eigenvalue weighted by Crippen LogP contribution is 2.30. The van der Waals surface area contributed by atoms with Gasteiger partial charge in [0, 0.05) is 28.8 Å². The Morgan fingerprint density at radius 3 is 2.36 bits per heavy atom. The number of ketones is 1. The number of Topliss-reactive ketones (excluding diaryl/α,β-unsaturated/α-hetero) is 1. The van der Waals surface area contributed by atoms with Crippen molar-refractivity contribution in [3.8, 4) is 5.75 Å². The van der Waals surface area contributed by atoms with Crippen LogP contribution in [0, 0.1) is 5.41 Å². The van der Waals surface area contributed by atoms with Crippen molar-refractivity contribution in [2.45, 2.75) is 19.4 Å². The Balaban J connectivity index is 2.42. The highest BCUT2D eigenvalue weighted by Gasteiger charge is 2.25. The molecule has 0 aromatic heterocycles. The Morgan fingerprint density at radius 1 is 1.18 bits per heavy atom. The van der Waals surface area contributed by atoms with Crippen molar-refractivity contribution in [3.63, 3.8) is 0 Å². The van der Waals surface area contributed by atoms with Gasteiger partial charge in [-0.2, -0.15) is 0 Å². The molecule has 0 saturated carbocycles. The smallest absolute Gasteiger partial charge is 0.330 e. The lowest BCUT2D eigenvalue weighted by Crippen LogP contribution is -2.22. The number of nitrogen functional groups attached to an aromatic ring is 1. The second kappa shape index (κ2) is 9.52. The Labute approximate surface area is 162 Å². The summed E-state index contributed by atoms with van der Waals surface area (Å²) in [6.45, 7) is 1.49. The quantitative estimate of drug-likeness (QED) is 0.239. The summed E-state index contributed by atoms with van der Waals surface area (Å²) < 4.78 is 5.46. The van der Waals surface area contributed by atoms with E-state index >= 15 is 0 Å². The summed E-state index contributed by atoms with van der Waals surface area (Å²) >= 11 is 0. The third-order valence-corrected chi connectivity index (χ3v) is 4.07. The third kappa shape index (κ3) is 5.08. The normalized spacial score (nSPS) is 11.5. The van der Waals surface area contributed by atoms with Gasteiger partial charge in [-0.15, -0.1) is 0 Å². The zero-order valence-electron chi connectivity index (χ0n) is 15.4. The molecule has 0 saturated heterocycles. The molecule has 0 aliphatic rings. The minimum Gasteiger partial charge on any atom is -0.491 e. The summed E-state index contributed by atoms with van der Waals surface area (Å²) in [5.74, 6) is -1.11. The Kier molecular flexibility index (Phi) is 7.11. The predicted octanol–water partition coefficient (Wildman–Crippen LogP) is 2.17. The number of amidine groups is 1. The number of aliphatic hydroxyl groups excluding tert-OH is 1. The van der Waals surface area contributed by atoms with Crippen molar-refractivity contribution in [3.05, 3.63) is 59.2 Å². The summed E-state index contributed by atoms with van der Waals surface area (Å²) in [7, 11) is 0. The number of aliphatic carboxylic acids is 1. The molecule has 148 valence electrons. The van der Waals surface area contributed by atoms with E-state index in [1.165, 1.54) is 12.1 Å². The van der Waals surface area contributed by atoms with Crippen LogP contribution < -0.4 is 15.8 Å². The van der Waals surface area contributed by atoms with Crippen molar-refractivity contribution in [2.24, 2.45) is 5.73 Å². The van der Waals surface area contributed by atoms with Gasteiger partial charge in [-0.1, -0.05) is 6.92 Å². The number of rotatable bonds is 10. The van der Waals surface area contributed by atoms with Crippen LogP contribution in [0.25, 0.3) is 0 Å². The van der Waals surface area contributed by atoms with Crippen molar-refractivity contribution in [2.75, 3.05) is 18.5 Å². The number of aliphatic hydroxyl groups is 1. The molecule has 0 spiro atoms. The minimum absolute atomic E-state index is 0.00623. The summed E-state index contributed by atoms with van der Waals surface area (Å²) in [6, 6.07) is 9.83. The Morgan fingerprint density at radius 2 is 1.82 bits per heavy atom. The van der Waals surface area contributed by atoms with Crippen LogP contribution in [0.2, 0.25) is 0 Å². The van der Waals surface area contributed by atoms with Gasteiger partial charge in [0.1, 0.15) is 18.2 Å². The molecule has 0 fully saturated rings. The van der Waals surface area contributed by atoms with E-state index in [0.29, 0.717) is 16.8 Å². The zero-order chi connectivity index (χ0) is 20.7. The predicted molar refractivity (Wildman–Crippen MR) is 105 cm³/mol. The molecule has 0 aliphatic heterocycles. The van der Waals surface area contributed by atoms with Gasteiger partial charge in [0.25, 0.3) is 0 Å². The molecule has 0 heterocycles. The van der Waals surface area contributed by atoms with Gasteiger partial charge in [0.05, 0.1) is 6.61 Å². The number of benzene rings is 2. The monoisotopic (exact) mass is 385 g/mol. The van der Waals surface area contributed by atoms with E-state index in [4.69, 9.17) is 21.0 Å². The topological polar surface area (TPSA) is 146 Å². The maximum Gasteiger partial charge on any atom is 0.330 e. The van der Waals surface area contributed by atoms with Crippen LogP contribution in [0.4, 0.5) is 5.69 Å². The lowest BCUT2D eigenvalue weighted by molar-refractivity contribution is -0.138. The van der Waals surface area contributed by atoms with E-state index in [1.807, 2.05) is 0 Å². The molecule has 8 heteroatoms. The number of nitrogens with one attached hydrogen (secondary N) is 2. The average Bonchev–Trinajstić information content (AvgIpc) is 2.70. The standard InChI is InChI=1S/C20H23N3O5/c1-2-16(25)13-5-8-17(28-10-9-24)15(11-13)18(20(26)27)23-14-6-3-12(4-7-14)19(21)22/h3-8,11,18,23-24H,2,9-10H2,1H3,(H3,21,22)(H,26,27). The number of carbonyl (C=O) groups is 2. The fraction of sp³-hybridized carbons (Fsp3) is 0.250. The van der Waals surface area contributed by atoms with Crippen LogP contribution in [-0.4, -0.2) is 41.0 Å². The van der Waals surface area contributed by atoms with Gasteiger partial charge in [0.2, 0.25) is 0 Å². The van der Waals surface area contributed by atoms with Crippen LogP contribution in [0.15, 0.2) is 42.5 Å². The van der Waals surface area contributed by atoms with Crippen molar-refractivity contribution in [1.82, 2.24) is 0 Å².